The molecule has 3 heteroatoms. The van der Waals surface area contributed by atoms with Crippen LogP contribution in [0, 0.1) is 0 Å². The number of carbonyl (C=O) groups is 1. The molecule has 19 heavy (non-hydrogen) atoms. The van der Waals surface area contributed by atoms with Crippen LogP contribution in [0.25, 0.3) is 0 Å². The molecule has 1 aromatic rings. The Labute approximate surface area is 120 Å². The standard InChI is InChI=1S/C16H22ClNO/c1-3-5-6-10-16(9-4-2)13-11-12(17)7-8-14(13)18-15(16)19/h7-8,11H,3-6,9-10H2,1-2H3,(H,18,19). The van der Waals surface area contributed by atoms with Gasteiger partial charge >= 0.3 is 0 Å². The first-order chi connectivity index (χ1) is 9.14. The zero-order chi connectivity index (χ0) is 13.9. The Kier molecular flexibility index (Phi) is 4.51. The van der Waals surface area contributed by atoms with Gasteiger partial charge in [0.15, 0.2) is 0 Å². The number of hydrogen-bond donors (Lipinski definition) is 1. The largest absolute Gasteiger partial charge is 0.325 e. The summed E-state index contributed by atoms with van der Waals surface area (Å²) in [4.78, 5) is 12.5. The molecule has 1 amide bonds. The van der Waals surface area contributed by atoms with E-state index in [1.165, 1.54) is 12.8 Å². The van der Waals surface area contributed by atoms with Gasteiger partial charge in [0.1, 0.15) is 0 Å². The van der Waals surface area contributed by atoms with Gasteiger partial charge in [0, 0.05) is 10.7 Å². The van der Waals surface area contributed by atoms with Crippen molar-refractivity contribution in [1.29, 1.82) is 0 Å². The summed E-state index contributed by atoms with van der Waals surface area (Å²) in [5.74, 6) is 0.155. The third-order valence-corrected chi connectivity index (χ3v) is 4.30. The zero-order valence-electron chi connectivity index (χ0n) is 11.8. The SMILES string of the molecule is CCCCCC1(CCC)C(=O)Nc2ccc(Cl)cc21. The van der Waals surface area contributed by atoms with Crippen molar-refractivity contribution in [3.05, 3.63) is 28.8 Å². The minimum absolute atomic E-state index is 0.155. The Morgan fingerprint density at radius 3 is 2.63 bits per heavy atom. The Balaban J connectivity index is 2.36. The lowest BCUT2D eigenvalue weighted by Crippen LogP contribution is -2.34. The molecular weight excluding hydrogens is 258 g/mol. The van der Waals surface area contributed by atoms with Gasteiger partial charge in [0.25, 0.3) is 0 Å². The highest BCUT2D eigenvalue weighted by molar-refractivity contribution is 6.31. The fraction of sp³-hybridized carbons (Fsp3) is 0.562. The van der Waals surface area contributed by atoms with Crippen molar-refractivity contribution in [2.24, 2.45) is 0 Å². The number of rotatable bonds is 6. The van der Waals surface area contributed by atoms with Crippen LogP contribution in [-0.4, -0.2) is 5.91 Å². The lowest BCUT2D eigenvalue weighted by Gasteiger charge is -2.27. The molecule has 1 N–H and O–H groups in total. The molecule has 1 aromatic carbocycles. The maximum Gasteiger partial charge on any atom is 0.235 e. The maximum atomic E-state index is 12.5. The van der Waals surface area contributed by atoms with Crippen molar-refractivity contribution in [1.82, 2.24) is 0 Å². The van der Waals surface area contributed by atoms with E-state index in [0.29, 0.717) is 5.02 Å². The van der Waals surface area contributed by atoms with E-state index in [1.54, 1.807) is 0 Å². The van der Waals surface area contributed by atoms with Gasteiger partial charge in [-0.15, -0.1) is 0 Å². The smallest absolute Gasteiger partial charge is 0.235 e. The summed E-state index contributed by atoms with van der Waals surface area (Å²) in [6, 6.07) is 5.73. The molecule has 0 aromatic heterocycles. The number of anilines is 1. The molecule has 1 aliphatic heterocycles. The van der Waals surface area contributed by atoms with Gasteiger partial charge < -0.3 is 5.32 Å². The number of unbranched alkanes of at least 4 members (excludes halogenated alkanes) is 2. The normalized spacial score (nSPS) is 21.3. The van der Waals surface area contributed by atoms with E-state index in [4.69, 9.17) is 11.6 Å². The van der Waals surface area contributed by atoms with Crippen molar-refractivity contribution < 1.29 is 4.79 Å². The number of amides is 1. The Hall–Kier alpha value is -1.02. The van der Waals surface area contributed by atoms with Crippen LogP contribution in [0.15, 0.2) is 18.2 Å². The highest BCUT2D eigenvalue weighted by Gasteiger charge is 2.45. The number of hydrogen-bond acceptors (Lipinski definition) is 1. The summed E-state index contributed by atoms with van der Waals surface area (Å²) >= 11 is 6.12. The van der Waals surface area contributed by atoms with E-state index >= 15 is 0 Å². The molecule has 0 aliphatic carbocycles. The predicted molar refractivity (Wildman–Crippen MR) is 80.8 cm³/mol. The van der Waals surface area contributed by atoms with E-state index in [0.717, 1.165) is 36.9 Å². The molecule has 1 atom stereocenters. The van der Waals surface area contributed by atoms with Crippen LogP contribution >= 0.6 is 11.6 Å². The van der Waals surface area contributed by atoms with E-state index in [2.05, 4.69) is 19.2 Å². The van der Waals surface area contributed by atoms with E-state index in [9.17, 15) is 4.79 Å². The van der Waals surface area contributed by atoms with E-state index < -0.39 is 0 Å². The van der Waals surface area contributed by atoms with Gasteiger partial charge in [0.2, 0.25) is 5.91 Å². The minimum atomic E-state index is -0.357. The van der Waals surface area contributed by atoms with Crippen LogP contribution in [0.1, 0.15) is 57.9 Å². The molecule has 0 spiro atoms. The van der Waals surface area contributed by atoms with Crippen LogP contribution in [0.4, 0.5) is 5.69 Å². The predicted octanol–water partition coefficient (Wildman–Crippen LogP) is 4.91. The molecule has 0 fully saturated rings. The first kappa shape index (κ1) is 14.4. The quantitative estimate of drug-likeness (QED) is 0.737. The lowest BCUT2D eigenvalue weighted by atomic mass is 9.74. The third kappa shape index (κ3) is 2.64. The summed E-state index contributed by atoms with van der Waals surface area (Å²) < 4.78 is 0. The van der Waals surface area contributed by atoms with Crippen molar-refractivity contribution in [2.45, 2.75) is 57.8 Å². The van der Waals surface area contributed by atoms with Crippen molar-refractivity contribution in [3.8, 4) is 0 Å². The molecule has 0 bridgehead atoms. The molecule has 0 radical (unpaired) electrons. The maximum absolute atomic E-state index is 12.5. The Morgan fingerprint density at radius 1 is 1.16 bits per heavy atom. The van der Waals surface area contributed by atoms with Gasteiger partial charge in [-0.1, -0.05) is 51.1 Å². The fourth-order valence-electron chi connectivity index (χ4n) is 3.11. The number of benzene rings is 1. The van der Waals surface area contributed by atoms with Crippen LogP contribution in [0.5, 0.6) is 0 Å². The third-order valence-electron chi connectivity index (χ3n) is 4.06. The highest BCUT2D eigenvalue weighted by Crippen LogP contribution is 2.45. The molecule has 0 saturated carbocycles. The van der Waals surface area contributed by atoms with E-state index in [1.807, 2.05) is 18.2 Å². The fourth-order valence-corrected chi connectivity index (χ4v) is 3.28. The summed E-state index contributed by atoms with van der Waals surface area (Å²) in [5.41, 5.74) is 1.69. The first-order valence-corrected chi connectivity index (χ1v) is 7.63. The van der Waals surface area contributed by atoms with Gasteiger partial charge in [0.05, 0.1) is 5.41 Å². The average molecular weight is 280 g/mol. The molecule has 2 nitrogen and oxygen atoms in total. The minimum Gasteiger partial charge on any atom is -0.325 e. The summed E-state index contributed by atoms with van der Waals surface area (Å²) in [5, 5.41) is 3.74. The number of carbonyl (C=O) groups excluding carboxylic acids is 1. The Morgan fingerprint density at radius 2 is 1.95 bits per heavy atom. The van der Waals surface area contributed by atoms with E-state index in [-0.39, 0.29) is 11.3 Å². The number of fused-ring (bicyclic) bond motifs is 1. The van der Waals surface area contributed by atoms with Crippen LogP contribution in [0.2, 0.25) is 5.02 Å². The molecule has 0 saturated heterocycles. The summed E-state index contributed by atoms with van der Waals surface area (Å²) in [6.07, 6.45) is 6.27. The van der Waals surface area contributed by atoms with Gasteiger partial charge in [-0.3, -0.25) is 4.79 Å². The number of halogens is 1. The van der Waals surface area contributed by atoms with Crippen molar-refractivity contribution in [2.75, 3.05) is 5.32 Å². The monoisotopic (exact) mass is 279 g/mol. The van der Waals surface area contributed by atoms with Crippen LogP contribution < -0.4 is 5.32 Å². The van der Waals surface area contributed by atoms with Crippen molar-refractivity contribution >= 4 is 23.2 Å². The lowest BCUT2D eigenvalue weighted by molar-refractivity contribution is -0.121. The van der Waals surface area contributed by atoms with Gasteiger partial charge in [-0.25, -0.2) is 0 Å². The van der Waals surface area contributed by atoms with Crippen LogP contribution in [-0.2, 0) is 10.2 Å². The van der Waals surface area contributed by atoms with Crippen molar-refractivity contribution in [3.63, 3.8) is 0 Å². The summed E-state index contributed by atoms with van der Waals surface area (Å²) in [6.45, 7) is 4.32. The molecule has 104 valence electrons. The topological polar surface area (TPSA) is 29.1 Å². The second kappa shape index (κ2) is 5.96. The first-order valence-electron chi connectivity index (χ1n) is 7.25. The molecular formula is C16H22ClNO. The number of nitrogens with one attached hydrogen (secondary N) is 1. The zero-order valence-corrected chi connectivity index (χ0v) is 12.5. The average Bonchev–Trinajstić information content (AvgIpc) is 2.64. The molecule has 2 rings (SSSR count). The highest BCUT2D eigenvalue weighted by atomic mass is 35.5. The second-order valence-electron chi connectivity index (χ2n) is 5.43. The molecule has 1 heterocycles. The second-order valence-corrected chi connectivity index (χ2v) is 5.87. The Bertz CT molecular complexity index is 472. The summed E-state index contributed by atoms with van der Waals surface area (Å²) in [7, 11) is 0. The molecule has 1 unspecified atom stereocenters. The molecule has 1 aliphatic rings. The van der Waals surface area contributed by atoms with Gasteiger partial charge in [-0.2, -0.15) is 0 Å². The van der Waals surface area contributed by atoms with Gasteiger partial charge in [-0.05, 0) is 36.6 Å². The van der Waals surface area contributed by atoms with Crippen LogP contribution in [0.3, 0.4) is 0 Å².